The molecule has 2 atom stereocenters. The highest BCUT2D eigenvalue weighted by atomic mass is 16.2. The Morgan fingerprint density at radius 1 is 0.978 bits per heavy atom. The third kappa shape index (κ3) is 6.77. The fraction of sp³-hybridized carbons (Fsp3) is 0.306. The van der Waals surface area contributed by atoms with Gasteiger partial charge >= 0.3 is 6.03 Å². The van der Waals surface area contributed by atoms with E-state index in [0.717, 1.165) is 58.5 Å². The first-order valence-corrected chi connectivity index (χ1v) is 15.8. The van der Waals surface area contributed by atoms with Crippen molar-refractivity contribution in [1.82, 2.24) is 29.9 Å². The van der Waals surface area contributed by atoms with Gasteiger partial charge in [-0.2, -0.15) is 5.10 Å². The number of benzene rings is 3. The number of piperazine rings is 1. The van der Waals surface area contributed by atoms with Crippen LogP contribution in [0.5, 0.6) is 0 Å². The Kier molecular flexibility index (Phi) is 9.07. The molecule has 0 bridgehead atoms. The third-order valence-corrected chi connectivity index (χ3v) is 8.72. The van der Waals surface area contributed by atoms with Gasteiger partial charge in [0.1, 0.15) is 6.04 Å². The predicted octanol–water partition coefficient (Wildman–Crippen LogP) is 5.27. The molecular formula is C36H42N8O2. The highest BCUT2D eigenvalue weighted by Crippen LogP contribution is 2.32. The van der Waals surface area contributed by atoms with E-state index in [0.29, 0.717) is 18.8 Å². The topological polar surface area (TPSA) is 102 Å². The zero-order valence-corrected chi connectivity index (χ0v) is 26.9. The molecule has 46 heavy (non-hydrogen) atoms. The number of carbonyl (C=O) groups excluding carboxylic acids is 2. The Bertz CT molecular complexity index is 1800. The zero-order chi connectivity index (χ0) is 32.2. The maximum Gasteiger partial charge on any atom is 0.318 e. The Morgan fingerprint density at radius 3 is 2.43 bits per heavy atom. The predicted molar refractivity (Wildman–Crippen MR) is 184 cm³/mol. The van der Waals surface area contributed by atoms with E-state index in [2.05, 4.69) is 48.7 Å². The number of H-pyrrole nitrogens is 1. The first kappa shape index (κ1) is 30.9. The number of aryl methyl sites for hydroxylation is 1. The van der Waals surface area contributed by atoms with Crippen LogP contribution in [0.1, 0.15) is 24.0 Å². The van der Waals surface area contributed by atoms with E-state index < -0.39 is 6.04 Å². The number of carbonyl (C=O) groups is 2. The summed E-state index contributed by atoms with van der Waals surface area (Å²) in [6, 6.07) is 23.3. The number of nitrogens with zero attached hydrogens (tertiary/aromatic N) is 5. The van der Waals surface area contributed by atoms with E-state index in [-0.39, 0.29) is 17.9 Å². The molecule has 2 unspecified atom stereocenters. The molecule has 1 saturated heterocycles. The Hall–Kier alpha value is -5.09. The lowest BCUT2D eigenvalue weighted by Gasteiger charge is -2.37. The minimum atomic E-state index is -0.835. The monoisotopic (exact) mass is 618 g/mol. The maximum atomic E-state index is 14.4. The first-order chi connectivity index (χ1) is 22.3. The number of para-hydroxylation sites is 2. The number of aromatic nitrogens is 3. The zero-order valence-electron chi connectivity index (χ0n) is 26.9. The van der Waals surface area contributed by atoms with Gasteiger partial charge in [0.05, 0.1) is 6.20 Å². The molecule has 2 aromatic heterocycles. The van der Waals surface area contributed by atoms with Gasteiger partial charge in [0.2, 0.25) is 5.91 Å². The smallest absolute Gasteiger partial charge is 0.318 e. The summed E-state index contributed by atoms with van der Waals surface area (Å²) >= 11 is 0. The number of hydrogen-bond donors (Lipinski definition) is 3. The Labute approximate surface area is 270 Å². The average Bonchev–Trinajstić information content (AvgIpc) is 3.70. The van der Waals surface area contributed by atoms with Crippen molar-refractivity contribution in [3.05, 3.63) is 103 Å². The molecule has 238 valence electrons. The van der Waals surface area contributed by atoms with Crippen LogP contribution < -0.4 is 15.5 Å². The molecule has 0 aliphatic carbocycles. The van der Waals surface area contributed by atoms with E-state index >= 15 is 0 Å². The molecule has 1 aliphatic heterocycles. The molecule has 1 aliphatic rings. The quantitative estimate of drug-likeness (QED) is 0.209. The summed E-state index contributed by atoms with van der Waals surface area (Å²) in [5.74, 6) is -0.598. The molecular weight excluding hydrogens is 576 g/mol. The summed E-state index contributed by atoms with van der Waals surface area (Å²) in [6.07, 6.45) is 5.66. The molecule has 0 radical (unpaired) electrons. The van der Waals surface area contributed by atoms with Crippen molar-refractivity contribution in [3.63, 3.8) is 0 Å². The molecule has 10 nitrogen and oxygen atoms in total. The molecule has 0 saturated carbocycles. The van der Waals surface area contributed by atoms with E-state index in [1.54, 1.807) is 15.8 Å². The van der Waals surface area contributed by atoms with Crippen LogP contribution in [0.25, 0.3) is 22.0 Å². The van der Waals surface area contributed by atoms with Crippen molar-refractivity contribution in [1.29, 1.82) is 0 Å². The van der Waals surface area contributed by atoms with Crippen molar-refractivity contribution in [2.24, 2.45) is 7.05 Å². The van der Waals surface area contributed by atoms with Crippen molar-refractivity contribution in [2.75, 3.05) is 50.5 Å². The van der Waals surface area contributed by atoms with Gasteiger partial charge in [-0.25, -0.2) is 4.79 Å². The summed E-state index contributed by atoms with van der Waals surface area (Å²) in [5.41, 5.74) is 6.62. The van der Waals surface area contributed by atoms with Gasteiger partial charge in [-0.15, -0.1) is 0 Å². The highest BCUT2D eigenvalue weighted by molar-refractivity contribution is 6.01. The van der Waals surface area contributed by atoms with E-state index in [1.165, 1.54) is 0 Å². The lowest BCUT2D eigenvalue weighted by Crippen LogP contribution is -2.56. The van der Waals surface area contributed by atoms with Gasteiger partial charge in [-0.05, 0) is 49.5 Å². The SMILES string of the molecule is CC(c1c[nH]c2ccccc12)C(NC(=O)N1CCN(c2ccccc2)CC1)C(=O)Nc1cc(CN(C)C)ccc1-c1cnn(C)c1. The highest BCUT2D eigenvalue weighted by Gasteiger charge is 2.32. The number of urea groups is 1. The van der Waals surface area contributed by atoms with Crippen molar-refractivity contribution < 1.29 is 9.59 Å². The summed E-state index contributed by atoms with van der Waals surface area (Å²) < 4.78 is 1.74. The van der Waals surface area contributed by atoms with Crippen LogP contribution in [0.15, 0.2) is 91.4 Å². The molecule has 3 amide bonds. The van der Waals surface area contributed by atoms with Crippen LogP contribution in [0.2, 0.25) is 0 Å². The number of hydrogen-bond acceptors (Lipinski definition) is 5. The number of rotatable bonds is 9. The van der Waals surface area contributed by atoms with Crippen molar-refractivity contribution >= 4 is 34.2 Å². The summed E-state index contributed by atoms with van der Waals surface area (Å²) in [7, 11) is 5.90. The van der Waals surface area contributed by atoms with Crippen LogP contribution in [-0.4, -0.2) is 82.8 Å². The molecule has 6 rings (SSSR count). The molecule has 3 N–H and O–H groups in total. The fourth-order valence-electron chi connectivity index (χ4n) is 6.28. The summed E-state index contributed by atoms with van der Waals surface area (Å²) in [5, 5.41) is 11.7. The number of aromatic amines is 1. The lowest BCUT2D eigenvalue weighted by molar-refractivity contribution is -0.118. The van der Waals surface area contributed by atoms with Crippen molar-refractivity contribution in [2.45, 2.75) is 25.4 Å². The van der Waals surface area contributed by atoms with Gasteiger partial charge < -0.3 is 30.3 Å². The van der Waals surface area contributed by atoms with Crippen LogP contribution in [0.4, 0.5) is 16.2 Å². The fourth-order valence-corrected chi connectivity index (χ4v) is 6.28. The number of anilines is 2. The Balaban J connectivity index is 1.28. The second kappa shape index (κ2) is 13.5. The first-order valence-electron chi connectivity index (χ1n) is 15.8. The molecule has 5 aromatic rings. The lowest BCUT2D eigenvalue weighted by atomic mass is 9.92. The van der Waals surface area contributed by atoms with Crippen LogP contribution in [-0.2, 0) is 18.4 Å². The normalized spacial score (nSPS) is 14.8. The van der Waals surface area contributed by atoms with Crippen molar-refractivity contribution in [3.8, 4) is 11.1 Å². The minimum Gasteiger partial charge on any atom is -0.368 e. The van der Waals surface area contributed by atoms with Crippen LogP contribution in [0, 0.1) is 0 Å². The minimum absolute atomic E-state index is 0.242. The van der Waals surface area contributed by atoms with Gasteiger partial charge in [0.25, 0.3) is 0 Å². The molecule has 3 aromatic carbocycles. The Morgan fingerprint density at radius 2 is 1.72 bits per heavy atom. The number of nitrogens with one attached hydrogen (secondary N) is 3. The van der Waals surface area contributed by atoms with Crippen LogP contribution >= 0.6 is 0 Å². The van der Waals surface area contributed by atoms with Gasteiger partial charge in [0, 0.05) is 91.5 Å². The summed E-state index contributed by atoms with van der Waals surface area (Å²) in [4.78, 5) is 37.7. The van der Waals surface area contributed by atoms with Gasteiger partial charge in [-0.3, -0.25) is 9.48 Å². The molecule has 3 heterocycles. The van der Waals surface area contributed by atoms with Gasteiger partial charge in [0.15, 0.2) is 0 Å². The summed E-state index contributed by atoms with van der Waals surface area (Å²) in [6.45, 7) is 5.29. The van der Waals surface area contributed by atoms with Crippen LogP contribution in [0.3, 0.4) is 0 Å². The number of fused-ring (bicyclic) bond motifs is 1. The maximum absolute atomic E-state index is 14.4. The van der Waals surface area contributed by atoms with E-state index in [9.17, 15) is 9.59 Å². The molecule has 10 heteroatoms. The van der Waals surface area contributed by atoms with E-state index in [1.807, 2.05) is 95.1 Å². The second-order valence-corrected chi connectivity index (χ2v) is 12.3. The second-order valence-electron chi connectivity index (χ2n) is 12.3. The largest absolute Gasteiger partial charge is 0.368 e. The molecule has 0 spiro atoms. The van der Waals surface area contributed by atoms with Gasteiger partial charge in [-0.1, -0.05) is 55.5 Å². The third-order valence-electron chi connectivity index (χ3n) is 8.72. The molecule has 1 fully saturated rings. The number of amides is 3. The van der Waals surface area contributed by atoms with E-state index in [4.69, 9.17) is 0 Å². The standard InChI is InChI=1S/C36H42N8O2/c1-25(31-22-37-32-13-9-8-12-30(31)32)34(40-36(46)44-18-16-43(17-19-44)28-10-6-5-7-11-28)35(45)39-33-20-26(23-41(2)3)14-15-29(33)27-21-38-42(4)24-27/h5-15,20-22,24-25,34,37H,16-19,23H2,1-4H3,(H,39,45)(H,40,46). The average molecular weight is 619 g/mol.